The molecule has 2 rings (SSSR count). The summed E-state index contributed by atoms with van der Waals surface area (Å²) in [7, 11) is 3.31. The average Bonchev–Trinajstić information content (AvgIpc) is 2.22. The second-order valence-electron chi connectivity index (χ2n) is 3.15. The van der Waals surface area contributed by atoms with Gasteiger partial charge in [0.05, 0.1) is 39.5 Å². The molecule has 0 radical (unpaired) electrons. The molecule has 2 fully saturated rings. The molecule has 84 valence electrons. The second-order valence-corrected chi connectivity index (χ2v) is 3.15. The topological polar surface area (TPSA) is 49.0 Å². The van der Waals surface area contributed by atoms with Gasteiger partial charge in [-0.25, -0.2) is 0 Å². The number of ether oxygens (including phenoxy) is 4. The molecule has 2 saturated heterocycles. The van der Waals surface area contributed by atoms with E-state index in [1.807, 2.05) is 0 Å². The number of hydrogen-bond donors (Lipinski definition) is 1. The highest BCUT2D eigenvalue weighted by Crippen LogP contribution is 2.14. The van der Waals surface area contributed by atoms with Crippen molar-refractivity contribution in [1.82, 2.24) is 5.32 Å². The number of rotatable bonds is 2. The Morgan fingerprint density at radius 3 is 1.43 bits per heavy atom. The summed E-state index contributed by atoms with van der Waals surface area (Å²) in [4.78, 5) is 0. The number of methoxy groups -OCH3 is 2. The molecular formula is C9H19NO4. The highest BCUT2D eigenvalue weighted by molar-refractivity contribution is 4.84. The van der Waals surface area contributed by atoms with Crippen LogP contribution in [0.5, 0.6) is 0 Å². The summed E-state index contributed by atoms with van der Waals surface area (Å²) in [5, 5.41) is 3.05. The molecule has 0 spiro atoms. The quantitative estimate of drug-likeness (QED) is 0.622. The summed E-state index contributed by atoms with van der Waals surface area (Å²) in [6.45, 7) is 4.72. The normalized spacial score (nSPS) is 24.4. The van der Waals surface area contributed by atoms with Gasteiger partial charge >= 0.3 is 0 Å². The maximum Gasteiger partial charge on any atom is 0.192 e. The van der Waals surface area contributed by atoms with Crippen molar-refractivity contribution >= 4 is 0 Å². The first-order valence-electron chi connectivity index (χ1n) is 4.79. The van der Waals surface area contributed by atoms with Gasteiger partial charge in [0.25, 0.3) is 0 Å². The average molecular weight is 205 g/mol. The Balaban J connectivity index is 0.000000146. The highest BCUT2D eigenvalue weighted by atomic mass is 16.7. The van der Waals surface area contributed by atoms with Gasteiger partial charge in [0.1, 0.15) is 0 Å². The van der Waals surface area contributed by atoms with Crippen molar-refractivity contribution in [3.8, 4) is 0 Å². The minimum absolute atomic E-state index is 0.306. The molecule has 5 nitrogen and oxygen atoms in total. The van der Waals surface area contributed by atoms with Crippen molar-refractivity contribution in [2.75, 3.05) is 53.7 Å². The van der Waals surface area contributed by atoms with E-state index in [2.05, 4.69) is 5.32 Å². The molecule has 0 amide bonds. The molecule has 0 saturated carbocycles. The van der Waals surface area contributed by atoms with Crippen LogP contribution in [0.3, 0.4) is 0 Å². The Bertz CT molecular complexity index is 121. The van der Waals surface area contributed by atoms with Gasteiger partial charge in [0.2, 0.25) is 0 Å². The Kier molecular flexibility index (Phi) is 5.36. The molecule has 2 heterocycles. The molecule has 5 heteroatoms. The van der Waals surface area contributed by atoms with Gasteiger partial charge in [0, 0.05) is 14.2 Å². The second kappa shape index (κ2) is 6.31. The summed E-state index contributed by atoms with van der Waals surface area (Å²) in [6.07, 6.45) is 0. The van der Waals surface area contributed by atoms with Crippen molar-refractivity contribution in [1.29, 1.82) is 0 Å². The zero-order valence-corrected chi connectivity index (χ0v) is 8.88. The first-order chi connectivity index (χ1) is 6.83. The fourth-order valence-corrected chi connectivity index (χ4v) is 1.14. The first kappa shape index (κ1) is 11.9. The lowest BCUT2D eigenvalue weighted by atomic mass is 10.1. The molecule has 2 aliphatic heterocycles. The highest BCUT2D eigenvalue weighted by Gasteiger charge is 2.36. The smallest absolute Gasteiger partial charge is 0.192 e. The molecule has 0 unspecified atom stereocenters. The molecule has 0 aromatic carbocycles. The van der Waals surface area contributed by atoms with E-state index in [4.69, 9.17) is 18.9 Å². The van der Waals surface area contributed by atoms with E-state index in [0.29, 0.717) is 0 Å². The Labute approximate surface area is 84.7 Å². The number of hydrogen-bond acceptors (Lipinski definition) is 5. The van der Waals surface area contributed by atoms with E-state index >= 15 is 0 Å². The van der Waals surface area contributed by atoms with Crippen LogP contribution in [0.4, 0.5) is 0 Å². The van der Waals surface area contributed by atoms with Crippen LogP contribution >= 0.6 is 0 Å². The van der Waals surface area contributed by atoms with E-state index in [-0.39, 0.29) is 5.79 Å². The lowest BCUT2D eigenvalue weighted by Crippen LogP contribution is -2.61. The third-order valence-corrected chi connectivity index (χ3v) is 2.28. The largest absolute Gasteiger partial charge is 0.377 e. The van der Waals surface area contributed by atoms with Crippen LogP contribution in [0.1, 0.15) is 0 Å². The predicted octanol–water partition coefficient (Wildman–Crippen LogP) is -0.388. The molecule has 14 heavy (non-hydrogen) atoms. The molecule has 0 bridgehead atoms. The third-order valence-electron chi connectivity index (χ3n) is 2.28. The maximum absolute atomic E-state index is 5.04. The van der Waals surface area contributed by atoms with Crippen molar-refractivity contribution in [3.05, 3.63) is 0 Å². The minimum Gasteiger partial charge on any atom is -0.377 e. The zero-order chi connectivity index (χ0) is 10.3. The molecule has 0 aromatic rings. The summed E-state index contributed by atoms with van der Waals surface area (Å²) < 4.78 is 20.0. The predicted molar refractivity (Wildman–Crippen MR) is 51.3 cm³/mol. The fraction of sp³-hybridized carbons (Fsp3) is 1.00. The van der Waals surface area contributed by atoms with Gasteiger partial charge in [-0.3, -0.25) is 0 Å². The monoisotopic (exact) mass is 205 g/mol. The SMILES string of the molecule is C1COCCO1.COC1(OC)CNC1. The Hall–Kier alpha value is -0.200. The Morgan fingerprint density at radius 1 is 0.929 bits per heavy atom. The first-order valence-corrected chi connectivity index (χ1v) is 4.79. The summed E-state index contributed by atoms with van der Waals surface area (Å²) in [6, 6.07) is 0. The molecule has 1 N–H and O–H groups in total. The minimum atomic E-state index is -0.306. The zero-order valence-electron chi connectivity index (χ0n) is 8.88. The van der Waals surface area contributed by atoms with E-state index in [1.165, 1.54) is 0 Å². The summed E-state index contributed by atoms with van der Waals surface area (Å²) >= 11 is 0. The van der Waals surface area contributed by atoms with Crippen molar-refractivity contribution in [2.45, 2.75) is 5.79 Å². The number of nitrogens with one attached hydrogen (secondary N) is 1. The fourth-order valence-electron chi connectivity index (χ4n) is 1.14. The van der Waals surface area contributed by atoms with Crippen LogP contribution in [0.15, 0.2) is 0 Å². The van der Waals surface area contributed by atoms with Crippen molar-refractivity contribution in [3.63, 3.8) is 0 Å². The van der Waals surface area contributed by atoms with Crippen LogP contribution in [-0.4, -0.2) is 59.5 Å². The molecule has 0 aliphatic carbocycles. The standard InChI is InChI=1S/C5H11NO2.C4H8O2/c1-7-5(8-2)3-6-4-5;1-2-6-4-3-5-1/h6H,3-4H2,1-2H3;1-4H2. The molecular weight excluding hydrogens is 186 g/mol. The van der Waals surface area contributed by atoms with E-state index < -0.39 is 0 Å². The van der Waals surface area contributed by atoms with E-state index in [9.17, 15) is 0 Å². The molecule has 0 atom stereocenters. The van der Waals surface area contributed by atoms with Gasteiger partial charge < -0.3 is 24.3 Å². The molecule has 2 aliphatic rings. The van der Waals surface area contributed by atoms with Gasteiger partial charge in [-0.2, -0.15) is 0 Å². The van der Waals surface area contributed by atoms with E-state index in [0.717, 1.165) is 39.5 Å². The van der Waals surface area contributed by atoms with Gasteiger partial charge in [-0.05, 0) is 0 Å². The lowest BCUT2D eigenvalue weighted by molar-refractivity contribution is -0.231. The lowest BCUT2D eigenvalue weighted by Gasteiger charge is -2.39. The summed E-state index contributed by atoms with van der Waals surface area (Å²) in [5.74, 6) is -0.306. The van der Waals surface area contributed by atoms with Crippen LogP contribution in [0.2, 0.25) is 0 Å². The van der Waals surface area contributed by atoms with Crippen LogP contribution in [0, 0.1) is 0 Å². The van der Waals surface area contributed by atoms with Crippen LogP contribution in [-0.2, 0) is 18.9 Å². The summed E-state index contributed by atoms with van der Waals surface area (Å²) in [5.41, 5.74) is 0. The van der Waals surface area contributed by atoms with Crippen LogP contribution in [0.25, 0.3) is 0 Å². The van der Waals surface area contributed by atoms with E-state index in [1.54, 1.807) is 14.2 Å². The van der Waals surface area contributed by atoms with Gasteiger partial charge in [0.15, 0.2) is 5.79 Å². The molecule has 0 aromatic heterocycles. The van der Waals surface area contributed by atoms with Gasteiger partial charge in [-0.1, -0.05) is 0 Å². The van der Waals surface area contributed by atoms with Gasteiger partial charge in [-0.15, -0.1) is 0 Å². The Morgan fingerprint density at radius 2 is 1.36 bits per heavy atom. The third kappa shape index (κ3) is 3.51. The maximum atomic E-state index is 5.04. The van der Waals surface area contributed by atoms with Crippen molar-refractivity contribution in [2.24, 2.45) is 0 Å². The van der Waals surface area contributed by atoms with Crippen LogP contribution < -0.4 is 5.32 Å². The van der Waals surface area contributed by atoms with Crippen molar-refractivity contribution < 1.29 is 18.9 Å².